The molecule has 1 aromatic carbocycles. The lowest BCUT2D eigenvalue weighted by atomic mass is 9.89. The molecule has 0 spiro atoms. The fourth-order valence-corrected chi connectivity index (χ4v) is 2.13. The summed E-state index contributed by atoms with van der Waals surface area (Å²) < 4.78 is 13.7. The van der Waals surface area contributed by atoms with Crippen molar-refractivity contribution >= 4 is 0 Å². The Balaban J connectivity index is 2.77. The predicted molar refractivity (Wildman–Crippen MR) is 67.2 cm³/mol. The van der Waals surface area contributed by atoms with Crippen molar-refractivity contribution in [2.24, 2.45) is 0 Å². The summed E-state index contributed by atoms with van der Waals surface area (Å²) in [6.07, 6.45) is 2.07. The molecule has 90 valence electrons. The van der Waals surface area contributed by atoms with Gasteiger partial charge in [0, 0.05) is 12.0 Å². The molecular weight excluding hydrogens is 201 g/mol. The summed E-state index contributed by atoms with van der Waals surface area (Å²) in [7, 11) is 0. The summed E-state index contributed by atoms with van der Waals surface area (Å²) in [5.74, 6) is 0.173. The van der Waals surface area contributed by atoms with E-state index in [9.17, 15) is 4.39 Å². The van der Waals surface area contributed by atoms with Gasteiger partial charge in [0.2, 0.25) is 0 Å². The zero-order valence-corrected chi connectivity index (χ0v) is 10.5. The molecule has 0 aromatic heterocycles. The Morgan fingerprint density at radius 3 is 2.50 bits per heavy atom. The molecule has 0 aliphatic rings. The quantitative estimate of drug-likeness (QED) is 0.775. The number of nitrogens with one attached hydrogen (secondary N) is 1. The van der Waals surface area contributed by atoms with Crippen LogP contribution in [0.4, 0.5) is 4.39 Å². The summed E-state index contributed by atoms with van der Waals surface area (Å²) in [4.78, 5) is 0. The van der Waals surface area contributed by atoms with Gasteiger partial charge < -0.3 is 5.32 Å². The van der Waals surface area contributed by atoms with Gasteiger partial charge in [-0.15, -0.1) is 0 Å². The van der Waals surface area contributed by atoms with Crippen LogP contribution in [0.3, 0.4) is 0 Å². The molecule has 2 heteroatoms. The molecule has 0 saturated heterocycles. The smallest absolute Gasteiger partial charge is 0.126 e. The van der Waals surface area contributed by atoms with Crippen LogP contribution in [0, 0.1) is 5.82 Å². The van der Waals surface area contributed by atoms with Crippen LogP contribution in [0.25, 0.3) is 0 Å². The molecule has 0 aliphatic heterocycles. The maximum absolute atomic E-state index is 13.7. The van der Waals surface area contributed by atoms with Crippen molar-refractivity contribution in [2.45, 2.75) is 45.6 Å². The van der Waals surface area contributed by atoms with Crippen molar-refractivity contribution in [3.8, 4) is 0 Å². The van der Waals surface area contributed by atoms with Crippen LogP contribution in [-0.2, 0) is 0 Å². The van der Waals surface area contributed by atoms with Gasteiger partial charge in [-0.2, -0.15) is 0 Å². The van der Waals surface area contributed by atoms with Crippen molar-refractivity contribution in [2.75, 3.05) is 6.54 Å². The van der Waals surface area contributed by atoms with Gasteiger partial charge >= 0.3 is 0 Å². The molecule has 0 fully saturated rings. The van der Waals surface area contributed by atoms with E-state index in [-0.39, 0.29) is 11.7 Å². The second kappa shape index (κ2) is 6.64. The number of halogens is 1. The number of hydrogen-bond acceptors (Lipinski definition) is 1. The third-order valence-electron chi connectivity index (χ3n) is 3.06. The van der Waals surface area contributed by atoms with Crippen molar-refractivity contribution in [1.29, 1.82) is 0 Å². The molecular formula is C14H22FN. The first kappa shape index (κ1) is 13.2. The standard InChI is InChI=1S/C14H22FN/c1-4-10-16-11(3)12(5-2)13-8-6-7-9-14(13)15/h6-9,11-12,16H,4-5,10H2,1-3H3. The van der Waals surface area contributed by atoms with Gasteiger partial charge in [0.05, 0.1) is 0 Å². The Kier molecular flexibility index (Phi) is 5.47. The van der Waals surface area contributed by atoms with Crippen LogP contribution in [0.5, 0.6) is 0 Å². The highest BCUT2D eigenvalue weighted by Gasteiger charge is 2.19. The number of rotatable bonds is 6. The van der Waals surface area contributed by atoms with Gasteiger partial charge in [-0.1, -0.05) is 32.0 Å². The predicted octanol–water partition coefficient (Wildman–Crippen LogP) is 3.71. The molecule has 0 heterocycles. The molecule has 0 aliphatic carbocycles. The van der Waals surface area contributed by atoms with Gasteiger partial charge in [-0.05, 0) is 37.9 Å². The third kappa shape index (κ3) is 3.31. The maximum Gasteiger partial charge on any atom is 0.126 e. The third-order valence-corrected chi connectivity index (χ3v) is 3.06. The maximum atomic E-state index is 13.7. The van der Waals surface area contributed by atoms with E-state index < -0.39 is 0 Å². The van der Waals surface area contributed by atoms with E-state index in [4.69, 9.17) is 0 Å². The van der Waals surface area contributed by atoms with Crippen molar-refractivity contribution in [1.82, 2.24) is 5.32 Å². The minimum Gasteiger partial charge on any atom is -0.314 e. The Hall–Kier alpha value is -0.890. The van der Waals surface area contributed by atoms with E-state index in [2.05, 4.69) is 26.1 Å². The first-order valence-corrected chi connectivity index (χ1v) is 6.18. The molecule has 1 rings (SSSR count). The summed E-state index contributed by atoms with van der Waals surface area (Å²) in [6.45, 7) is 7.38. The summed E-state index contributed by atoms with van der Waals surface area (Å²) >= 11 is 0. The van der Waals surface area contributed by atoms with Gasteiger partial charge in [0.25, 0.3) is 0 Å². The first-order valence-electron chi connectivity index (χ1n) is 6.18. The van der Waals surface area contributed by atoms with Gasteiger partial charge in [-0.3, -0.25) is 0 Å². The largest absolute Gasteiger partial charge is 0.314 e. The molecule has 1 N–H and O–H groups in total. The lowest BCUT2D eigenvalue weighted by molar-refractivity contribution is 0.435. The monoisotopic (exact) mass is 223 g/mol. The first-order chi connectivity index (χ1) is 7.70. The lowest BCUT2D eigenvalue weighted by Gasteiger charge is -2.24. The Bertz CT molecular complexity index is 311. The fourth-order valence-electron chi connectivity index (χ4n) is 2.13. The SMILES string of the molecule is CCCNC(C)C(CC)c1ccccc1F. The van der Waals surface area contributed by atoms with Crippen LogP contribution >= 0.6 is 0 Å². The second-order valence-electron chi connectivity index (χ2n) is 4.28. The van der Waals surface area contributed by atoms with E-state index >= 15 is 0 Å². The molecule has 1 nitrogen and oxygen atoms in total. The molecule has 1 aromatic rings. The minimum atomic E-state index is -0.0838. The average molecular weight is 223 g/mol. The topological polar surface area (TPSA) is 12.0 Å². The number of benzene rings is 1. The zero-order chi connectivity index (χ0) is 12.0. The average Bonchev–Trinajstić information content (AvgIpc) is 2.30. The van der Waals surface area contributed by atoms with Crippen molar-refractivity contribution in [3.63, 3.8) is 0 Å². The number of hydrogen-bond donors (Lipinski definition) is 1. The molecule has 0 bridgehead atoms. The van der Waals surface area contributed by atoms with E-state index in [1.54, 1.807) is 12.1 Å². The van der Waals surface area contributed by atoms with Crippen molar-refractivity contribution in [3.05, 3.63) is 35.6 Å². The summed E-state index contributed by atoms with van der Waals surface area (Å²) in [6, 6.07) is 7.42. The van der Waals surface area contributed by atoms with Crippen LogP contribution in [0.15, 0.2) is 24.3 Å². The highest BCUT2D eigenvalue weighted by Crippen LogP contribution is 2.25. The van der Waals surface area contributed by atoms with E-state index in [0.717, 1.165) is 24.9 Å². The Morgan fingerprint density at radius 1 is 1.25 bits per heavy atom. The molecule has 0 radical (unpaired) electrons. The highest BCUT2D eigenvalue weighted by molar-refractivity contribution is 5.23. The Morgan fingerprint density at radius 2 is 1.94 bits per heavy atom. The second-order valence-corrected chi connectivity index (χ2v) is 4.28. The summed E-state index contributed by atoms with van der Waals surface area (Å²) in [5, 5.41) is 3.44. The van der Waals surface area contributed by atoms with Gasteiger partial charge in [0.15, 0.2) is 0 Å². The van der Waals surface area contributed by atoms with Crippen LogP contribution in [0.1, 0.15) is 45.1 Å². The summed E-state index contributed by atoms with van der Waals surface area (Å²) in [5.41, 5.74) is 0.834. The normalized spacial score (nSPS) is 14.8. The van der Waals surface area contributed by atoms with Gasteiger partial charge in [0.1, 0.15) is 5.82 Å². The van der Waals surface area contributed by atoms with Crippen molar-refractivity contribution < 1.29 is 4.39 Å². The van der Waals surface area contributed by atoms with Gasteiger partial charge in [-0.25, -0.2) is 4.39 Å². The molecule has 16 heavy (non-hydrogen) atoms. The zero-order valence-electron chi connectivity index (χ0n) is 10.5. The molecule has 2 unspecified atom stereocenters. The lowest BCUT2D eigenvalue weighted by Crippen LogP contribution is -2.32. The fraction of sp³-hybridized carbons (Fsp3) is 0.571. The molecule has 0 amide bonds. The molecule has 0 saturated carbocycles. The Labute approximate surface area is 98.1 Å². The van der Waals surface area contributed by atoms with Crippen LogP contribution < -0.4 is 5.32 Å². The van der Waals surface area contributed by atoms with Crippen LogP contribution in [0.2, 0.25) is 0 Å². The van der Waals surface area contributed by atoms with E-state index in [0.29, 0.717) is 6.04 Å². The molecule has 2 atom stereocenters. The van der Waals surface area contributed by atoms with Crippen LogP contribution in [-0.4, -0.2) is 12.6 Å². The highest BCUT2D eigenvalue weighted by atomic mass is 19.1. The van der Waals surface area contributed by atoms with E-state index in [1.807, 2.05) is 12.1 Å². The van der Waals surface area contributed by atoms with E-state index in [1.165, 1.54) is 0 Å². The minimum absolute atomic E-state index is 0.0838.